The van der Waals surface area contributed by atoms with Crippen molar-refractivity contribution in [2.75, 3.05) is 7.11 Å². The number of aryl methyl sites for hydroxylation is 1. The van der Waals surface area contributed by atoms with E-state index in [0.29, 0.717) is 0 Å². The lowest BCUT2D eigenvalue weighted by atomic mass is 10.2. The number of pyridine rings is 1. The van der Waals surface area contributed by atoms with E-state index < -0.39 is 0 Å². The lowest BCUT2D eigenvalue weighted by Gasteiger charge is -2.06. The number of benzene rings is 1. The number of hydrogen-bond acceptors (Lipinski definition) is 2. The first-order chi connectivity index (χ1) is 6.72. The summed E-state index contributed by atoms with van der Waals surface area (Å²) in [5, 5.41) is 1.08. The highest BCUT2D eigenvalue weighted by Gasteiger charge is 2.05. The standard InChI is InChI=1S/C11H10BrNO/c1-7-3-4-8-9(13-7)5-6-10(14-2)11(8)12/h3-6H,1-2H3. The Hall–Kier alpha value is -1.09. The van der Waals surface area contributed by atoms with Crippen molar-refractivity contribution < 1.29 is 4.74 Å². The Morgan fingerprint density at radius 2 is 2.00 bits per heavy atom. The van der Waals surface area contributed by atoms with Crippen LogP contribution in [0.3, 0.4) is 0 Å². The molecule has 0 aliphatic rings. The summed E-state index contributed by atoms with van der Waals surface area (Å²) in [6.07, 6.45) is 0. The summed E-state index contributed by atoms with van der Waals surface area (Å²) in [4.78, 5) is 4.43. The molecule has 0 atom stereocenters. The number of halogens is 1. The molecule has 14 heavy (non-hydrogen) atoms. The second kappa shape index (κ2) is 3.58. The first-order valence-electron chi connectivity index (χ1n) is 4.32. The molecule has 1 heterocycles. The van der Waals surface area contributed by atoms with E-state index in [1.807, 2.05) is 31.2 Å². The minimum atomic E-state index is 0.836. The van der Waals surface area contributed by atoms with Gasteiger partial charge in [0.1, 0.15) is 5.75 Å². The van der Waals surface area contributed by atoms with Crippen molar-refractivity contribution >= 4 is 26.8 Å². The Kier molecular flexibility index (Phi) is 2.42. The molecule has 2 rings (SSSR count). The van der Waals surface area contributed by atoms with Crippen LogP contribution in [0.2, 0.25) is 0 Å². The maximum atomic E-state index is 5.21. The van der Waals surface area contributed by atoms with Crippen LogP contribution in [0.25, 0.3) is 10.9 Å². The van der Waals surface area contributed by atoms with Crippen LogP contribution in [0, 0.1) is 6.92 Å². The molecule has 0 unspecified atom stereocenters. The van der Waals surface area contributed by atoms with E-state index in [1.54, 1.807) is 7.11 Å². The summed E-state index contributed by atoms with van der Waals surface area (Å²) in [5.74, 6) is 0.836. The van der Waals surface area contributed by atoms with Gasteiger partial charge in [0.2, 0.25) is 0 Å². The highest BCUT2D eigenvalue weighted by atomic mass is 79.9. The predicted octanol–water partition coefficient (Wildman–Crippen LogP) is 3.31. The highest BCUT2D eigenvalue weighted by Crippen LogP contribution is 2.32. The molecule has 0 spiro atoms. The molecule has 0 saturated carbocycles. The zero-order valence-electron chi connectivity index (χ0n) is 8.04. The molecule has 0 saturated heterocycles. The van der Waals surface area contributed by atoms with E-state index in [1.165, 1.54) is 0 Å². The largest absolute Gasteiger partial charge is 0.496 e. The van der Waals surface area contributed by atoms with Gasteiger partial charge in [-0.25, -0.2) is 0 Å². The van der Waals surface area contributed by atoms with Gasteiger partial charge in [0.15, 0.2) is 0 Å². The topological polar surface area (TPSA) is 22.1 Å². The zero-order valence-corrected chi connectivity index (χ0v) is 9.63. The molecule has 0 fully saturated rings. The minimum Gasteiger partial charge on any atom is -0.496 e. The Morgan fingerprint density at radius 3 is 2.71 bits per heavy atom. The average molecular weight is 252 g/mol. The molecule has 2 aromatic rings. The van der Waals surface area contributed by atoms with Crippen molar-refractivity contribution in [3.63, 3.8) is 0 Å². The summed E-state index contributed by atoms with van der Waals surface area (Å²) in [7, 11) is 1.66. The summed E-state index contributed by atoms with van der Waals surface area (Å²) in [6, 6.07) is 7.92. The van der Waals surface area contributed by atoms with Gasteiger partial charge in [0.25, 0.3) is 0 Å². The number of nitrogens with zero attached hydrogens (tertiary/aromatic N) is 1. The number of aromatic nitrogens is 1. The third kappa shape index (κ3) is 1.48. The van der Waals surface area contributed by atoms with Crippen LogP contribution in [0.4, 0.5) is 0 Å². The highest BCUT2D eigenvalue weighted by molar-refractivity contribution is 9.10. The molecule has 0 radical (unpaired) electrons. The molecule has 3 heteroatoms. The fourth-order valence-electron chi connectivity index (χ4n) is 1.41. The van der Waals surface area contributed by atoms with E-state index in [9.17, 15) is 0 Å². The third-order valence-corrected chi connectivity index (χ3v) is 2.95. The van der Waals surface area contributed by atoms with Crippen LogP contribution in [0.5, 0.6) is 5.75 Å². The lowest BCUT2D eigenvalue weighted by Crippen LogP contribution is -1.88. The molecule has 0 N–H and O–H groups in total. The quantitative estimate of drug-likeness (QED) is 0.776. The van der Waals surface area contributed by atoms with Gasteiger partial charge in [0, 0.05) is 11.1 Å². The molecular formula is C11H10BrNO. The van der Waals surface area contributed by atoms with Crippen LogP contribution >= 0.6 is 15.9 Å². The Morgan fingerprint density at radius 1 is 1.21 bits per heavy atom. The normalized spacial score (nSPS) is 10.5. The molecule has 2 nitrogen and oxygen atoms in total. The smallest absolute Gasteiger partial charge is 0.133 e. The maximum absolute atomic E-state index is 5.21. The number of methoxy groups -OCH3 is 1. The predicted molar refractivity (Wildman–Crippen MR) is 60.7 cm³/mol. The van der Waals surface area contributed by atoms with Gasteiger partial charge in [0.05, 0.1) is 17.1 Å². The molecule has 72 valence electrons. The number of hydrogen-bond donors (Lipinski definition) is 0. The molecule has 1 aromatic heterocycles. The van der Waals surface area contributed by atoms with Gasteiger partial charge < -0.3 is 4.74 Å². The third-order valence-electron chi connectivity index (χ3n) is 2.13. The second-order valence-corrected chi connectivity index (χ2v) is 3.89. The van der Waals surface area contributed by atoms with Gasteiger partial charge in [-0.1, -0.05) is 0 Å². The summed E-state index contributed by atoms with van der Waals surface area (Å²) < 4.78 is 6.17. The van der Waals surface area contributed by atoms with Crippen LogP contribution in [-0.2, 0) is 0 Å². The molecule has 1 aromatic carbocycles. The monoisotopic (exact) mass is 251 g/mol. The lowest BCUT2D eigenvalue weighted by molar-refractivity contribution is 0.413. The van der Waals surface area contributed by atoms with Crippen molar-refractivity contribution in [1.29, 1.82) is 0 Å². The zero-order chi connectivity index (χ0) is 10.1. The van der Waals surface area contributed by atoms with Crippen molar-refractivity contribution in [1.82, 2.24) is 4.98 Å². The van der Waals surface area contributed by atoms with Gasteiger partial charge in [-0.15, -0.1) is 0 Å². The van der Waals surface area contributed by atoms with Gasteiger partial charge in [-0.2, -0.15) is 0 Å². The number of fused-ring (bicyclic) bond motifs is 1. The molecule has 0 aliphatic heterocycles. The van der Waals surface area contributed by atoms with Crippen LogP contribution in [0.1, 0.15) is 5.69 Å². The van der Waals surface area contributed by atoms with E-state index >= 15 is 0 Å². The summed E-state index contributed by atoms with van der Waals surface area (Å²) in [6.45, 7) is 1.98. The SMILES string of the molecule is COc1ccc2nc(C)ccc2c1Br. The van der Waals surface area contributed by atoms with Crippen LogP contribution < -0.4 is 4.74 Å². The van der Waals surface area contributed by atoms with Crippen LogP contribution in [0.15, 0.2) is 28.7 Å². The fraction of sp³-hybridized carbons (Fsp3) is 0.182. The number of rotatable bonds is 1. The van der Waals surface area contributed by atoms with E-state index in [2.05, 4.69) is 20.9 Å². The molecular weight excluding hydrogens is 242 g/mol. The van der Waals surface area contributed by atoms with Gasteiger partial charge in [-0.05, 0) is 47.1 Å². The van der Waals surface area contributed by atoms with Crippen molar-refractivity contribution in [3.8, 4) is 5.75 Å². The minimum absolute atomic E-state index is 0.836. The molecule has 0 aliphatic carbocycles. The number of ether oxygens (including phenoxy) is 1. The second-order valence-electron chi connectivity index (χ2n) is 3.10. The van der Waals surface area contributed by atoms with Crippen molar-refractivity contribution in [2.24, 2.45) is 0 Å². The maximum Gasteiger partial charge on any atom is 0.133 e. The van der Waals surface area contributed by atoms with E-state index in [4.69, 9.17) is 4.74 Å². The van der Waals surface area contributed by atoms with Crippen molar-refractivity contribution in [2.45, 2.75) is 6.92 Å². The molecule has 0 bridgehead atoms. The Labute approximate surface area is 91.0 Å². The van der Waals surface area contributed by atoms with Crippen molar-refractivity contribution in [3.05, 3.63) is 34.4 Å². The van der Waals surface area contributed by atoms with Gasteiger partial charge in [-0.3, -0.25) is 4.98 Å². The summed E-state index contributed by atoms with van der Waals surface area (Å²) >= 11 is 3.50. The summed E-state index contributed by atoms with van der Waals surface area (Å²) in [5.41, 5.74) is 2.01. The Bertz CT molecular complexity index is 482. The fourth-order valence-corrected chi connectivity index (χ4v) is 2.04. The van der Waals surface area contributed by atoms with E-state index in [-0.39, 0.29) is 0 Å². The van der Waals surface area contributed by atoms with Crippen LogP contribution in [-0.4, -0.2) is 12.1 Å². The first-order valence-corrected chi connectivity index (χ1v) is 5.11. The Balaban J connectivity index is 2.77. The average Bonchev–Trinajstić information content (AvgIpc) is 2.18. The van der Waals surface area contributed by atoms with Gasteiger partial charge >= 0.3 is 0 Å². The first kappa shape index (κ1) is 9.46. The molecule has 0 amide bonds. The van der Waals surface area contributed by atoms with E-state index in [0.717, 1.165) is 26.8 Å².